The van der Waals surface area contributed by atoms with Crippen molar-refractivity contribution in [3.8, 4) is 0 Å². The number of carbonyl (C=O) groups excluding carboxylic acids is 1. The number of nitrogens with zero attached hydrogens (tertiary/aromatic N) is 1. The van der Waals surface area contributed by atoms with E-state index in [1.54, 1.807) is 4.90 Å². The van der Waals surface area contributed by atoms with Gasteiger partial charge in [0, 0.05) is 19.0 Å². The smallest absolute Gasteiger partial charge is 0.308 e. The van der Waals surface area contributed by atoms with Crippen molar-refractivity contribution >= 4 is 46.4 Å². The standard InChI is InChI=1S/C15H19Cl2NO3S/c1-9-11(15(20)21)5-3-7-18(9)13(19)6-2-4-10-8-12(16)22-14(10)17/h8-9,11H,2-7H2,1H3,(H,20,21)/t9-,11-/m1/s1. The Labute approximate surface area is 144 Å². The van der Waals surface area contributed by atoms with Crippen LogP contribution in [0.3, 0.4) is 0 Å². The summed E-state index contributed by atoms with van der Waals surface area (Å²) in [7, 11) is 0. The third kappa shape index (κ3) is 4.15. The van der Waals surface area contributed by atoms with Gasteiger partial charge >= 0.3 is 5.97 Å². The molecule has 2 heterocycles. The Balaban J connectivity index is 1.86. The van der Waals surface area contributed by atoms with E-state index in [1.807, 2.05) is 13.0 Å². The summed E-state index contributed by atoms with van der Waals surface area (Å²) in [6.07, 6.45) is 3.19. The van der Waals surface area contributed by atoms with Gasteiger partial charge in [0.1, 0.15) is 0 Å². The van der Waals surface area contributed by atoms with Crippen molar-refractivity contribution in [2.24, 2.45) is 5.92 Å². The third-order valence-electron chi connectivity index (χ3n) is 4.19. The lowest BCUT2D eigenvalue weighted by Gasteiger charge is -2.37. The van der Waals surface area contributed by atoms with Crippen molar-refractivity contribution < 1.29 is 14.7 Å². The van der Waals surface area contributed by atoms with Crippen molar-refractivity contribution in [3.05, 3.63) is 20.3 Å². The largest absolute Gasteiger partial charge is 0.481 e. The Bertz CT molecular complexity index is 561. The first-order valence-electron chi connectivity index (χ1n) is 7.36. The molecular formula is C15H19Cl2NO3S. The number of piperidine rings is 1. The molecule has 2 rings (SSSR count). The van der Waals surface area contributed by atoms with E-state index < -0.39 is 11.9 Å². The fraction of sp³-hybridized carbons (Fsp3) is 0.600. The van der Waals surface area contributed by atoms with Gasteiger partial charge < -0.3 is 10.0 Å². The van der Waals surface area contributed by atoms with Crippen LogP contribution < -0.4 is 0 Å². The number of halogens is 2. The number of rotatable bonds is 5. The lowest BCUT2D eigenvalue weighted by atomic mass is 9.90. The normalized spacial score (nSPS) is 21.9. The molecular weight excluding hydrogens is 345 g/mol. The van der Waals surface area contributed by atoms with Crippen LogP contribution in [0.25, 0.3) is 0 Å². The molecule has 1 fully saturated rings. The van der Waals surface area contributed by atoms with Crippen LogP contribution in [-0.4, -0.2) is 34.5 Å². The van der Waals surface area contributed by atoms with Crippen LogP contribution in [0.1, 0.15) is 38.2 Å². The summed E-state index contributed by atoms with van der Waals surface area (Å²) in [5.74, 6) is -1.25. The Hall–Kier alpha value is -0.780. The van der Waals surface area contributed by atoms with Gasteiger partial charge in [-0.25, -0.2) is 0 Å². The summed E-state index contributed by atoms with van der Waals surface area (Å²) in [5, 5.41) is 9.20. The molecule has 1 amide bonds. The van der Waals surface area contributed by atoms with E-state index in [0.717, 1.165) is 12.0 Å². The van der Waals surface area contributed by atoms with E-state index in [9.17, 15) is 14.7 Å². The third-order valence-corrected chi connectivity index (χ3v) is 5.76. The van der Waals surface area contributed by atoms with E-state index in [1.165, 1.54) is 11.3 Å². The van der Waals surface area contributed by atoms with Crippen molar-refractivity contribution in [2.75, 3.05) is 6.54 Å². The summed E-state index contributed by atoms with van der Waals surface area (Å²) >= 11 is 13.3. The molecule has 122 valence electrons. The minimum atomic E-state index is -0.815. The highest BCUT2D eigenvalue weighted by molar-refractivity contribution is 7.20. The quantitative estimate of drug-likeness (QED) is 0.856. The van der Waals surface area contributed by atoms with Gasteiger partial charge in [-0.05, 0) is 44.2 Å². The minimum Gasteiger partial charge on any atom is -0.481 e. The van der Waals surface area contributed by atoms with Gasteiger partial charge in [-0.2, -0.15) is 0 Å². The molecule has 1 N–H and O–H groups in total. The van der Waals surface area contributed by atoms with Crippen molar-refractivity contribution in [2.45, 2.75) is 45.1 Å². The summed E-state index contributed by atoms with van der Waals surface area (Å²) < 4.78 is 1.33. The zero-order valence-corrected chi connectivity index (χ0v) is 14.7. The van der Waals surface area contributed by atoms with E-state index >= 15 is 0 Å². The molecule has 0 aromatic carbocycles. The summed E-state index contributed by atoms with van der Waals surface area (Å²) in [5.41, 5.74) is 0.972. The fourth-order valence-corrected chi connectivity index (χ4v) is 4.49. The lowest BCUT2D eigenvalue weighted by Crippen LogP contribution is -2.49. The van der Waals surface area contributed by atoms with Crippen LogP contribution in [0.5, 0.6) is 0 Å². The first-order chi connectivity index (χ1) is 10.4. The molecule has 4 nitrogen and oxygen atoms in total. The average molecular weight is 364 g/mol. The van der Waals surface area contributed by atoms with E-state index in [0.29, 0.717) is 40.9 Å². The van der Waals surface area contributed by atoms with Gasteiger partial charge in [-0.1, -0.05) is 23.2 Å². The van der Waals surface area contributed by atoms with Crippen LogP contribution in [0.15, 0.2) is 6.07 Å². The number of carbonyl (C=O) groups is 2. The Kier molecular flexibility index (Phi) is 6.12. The van der Waals surface area contributed by atoms with Gasteiger partial charge in [0.15, 0.2) is 0 Å². The van der Waals surface area contributed by atoms with Crippen molar-refractivity contribution in [3.63, 3.8) is 0 Å². The van der Waals surface area contributed by atoms with E-state index in [4.69, 9.17) is 23.2 Å². The Morgan fingerprint density at radius 3 is 2.77 bits per heavy atom. The Morgan fingerprint density at radius 2 is 2.18 bits per heavy atom. The molecule has 1 aliphatic heterocycles. The average Bonchev–Trinajstić information content (AvgIpc) is 2.76. The maximum absolute atomic E-state index is 12.3. The molecule has 1 aromatic rings. The molecule has 22 heavy (non-hydrogen) atoms. The predicted octanol–water partition coefficient (Wildman–Crippen LogP) is 4.09. The number of thiophene rings is 1. The fourth-order valence-electron chi connectivity index (χ4n) is 2.94. The number of likely N-dealkylation sites (tertiary alicyclic amines) is 1. The molecule has 0 aliphatic carbocycles. The summed E-state index contributed by atoms with van der Waals surface area (Å²) in [6, 6.07) is 1.60. The maximum atomic E-state index is 12.3. The van der Waals surface area contributed by atoms with Gasteiger partial charge in [-0.3, -0.25) is 9.59 Å². The monoisotopic (exact) mass is 363 g/mol. The number of carboxylic acid groups (broad SMARTS) is 1. The van der Waals surface area contributed by atoms with Gasteiger partial charge in [0.25, 0.3) is 0 Å². The topological polar surface area (TPSA) is 57.6 Å². The van der Waals surface area contributed by atoms with Crippen LogP contribution in [0.4, 0.5) is 0 Å². The number of hydrogen-bond acceptors (Lipinski definition) is 3. The zero-order chi connectivity index (χ0) is 16.3. The maximum Gasteiger partial charge on any atom is 0.308 e. The van der Waals surface area contributed by atoms with E-state index in [2.05, 4.69) is 0 Å². The molecule has 2 atom stereocenters. The van der Waals surface area contributed by atoms with E-state index in [-0.39, 0.29) is 11.9 Å². The van der Waals surface area contributed by atoms with Crippen LogP contribution in [0, 0.1) is 5.92 Å². The molecule has 0 spiro atoms. The highest BCUT2D eigenvalue weighted by Crippen LogP contribution is 2.32. The molecule has 7 heteroatoms. The number of carboxylic acids is 1. The first-order valence-corrected chi connectivity index (χ1v) is 8.93. The van der Waals surface area contributed by atoms with Crippen LogP contribution in [0.2, 0.25) is 8.67 Å². The minimum absolute atomic E-state index is 0.0240. The zero-order valence-electron chi connectivity index (χ0n) is 12.3. The first kappa shape index (κ1) is 17.6. The second kappa shape index (κ2) is 7.66. The second-order valence-corrected chi connectivity index (χ2v) is 7.90. The lowest BCUT2D eigenvalue weighted by molar-refractivity contribution is -0.149. The molecule has 0 saturated carbocycles. The number of amides is 1. The summed E-state index contributed by atoms with van der Waals surface area (Å²) in [6.45, 7) is 2.47. The van der Waals surface area contributed by atoms with Crippen molar-refractivity contribution in [1.82, 2.24) is 4.90 Å². The predicted molar refractivity (Wildman–Crippen MR) is 88.8 cm³/mol. The van der Waals surface area contributed by atoms with Gasteiger partial charge in [-0.15, -0.1) is 11.3 Å². The molecule has 0 radical (unpaired) electrons. The molecule has 0 bridgehead atoms. The SMILES string of the molecule is C[C@@H]1[C@H](C(=O)O)CCCN1C(=O)CCCc1cc(Cl)sc1Cl. The number of hydrogen-bond donors (Lipinski definition) is 1. The molecule has 1 aliphatic rings. The van der Waals surface area contributed by atoms with Crippen molar-refractivity contribution in [1.29, 1.82) is 0 Å². The highest BCUT2D eigenvalue weighted by Gasteiger charge is 2.34. The molecule has 1 aromatic heterocycles. The summed E-state index contributed by atoms with van der Waals surface area (Å²) in [4.78, 5) is 25.3. The molecule has 0 unspecified atom stereocenters. The van der Waals surface area contributed by atoms with Crippen LogP contribution >= 0.6 is 34.5 Å². The molecule has 1 saturated heterocycles. The number of aryl methyl sites for hydroxylation is 1. The van der Waals surface area contributed by atoms with Gasteiger partial charge in [0.2, 0.25) is 5.91 Å². The second-order valence-electron chi connectivity index (χ2n) is 5.62. The number of aliphatic carboxylic acids is 1. The highest BCUT2D eigenvalue weighted by atomic mass is 35.5. The Morgan fingerprint density at radius 1 is 1.45 bits per heavy atom. The van der Waals surface area contributed by atoms with Gasteiger partial charge in [0.05, 0.1) is 14.6 Å². The van der Waals surface area contributed by atoms with Crippen LogP contribution in [-0.2, 0) is 16.0 Å².